The standard InChI is InChI=1S/C11H18N4O3S/c1-9(11(16)13(2)3)19(17,18)15-8-4-7-14-10(15)5-6-12-14/h5-6,9H,4,7-8H2,1-3H3. The van der Waals surface area contributed by atoms with Gasteiger partial charge in [-0.1, -0.05) is 0 Å². The molecule has 19 heavy (non-hydrogen) atoms. The fourth-order valence-corrected chi connectivity index (χ4v) is 3.77. The van der Waals surface area contributed by atoms with Crippen LogP contribution in [0.3, 0.4) is 0 Å². The van der Waals surface area contributed by atoms with Gasteiger partial charge in [-0.05, 0) is 13.3 Å². The SMILES string of the molecule is CC(C(=O)N(C)C)S(=O)(=O)N1CCCn2nccc21. The molecule has 1 amide bonds. The van der Waals surface area contributed by atoms with Crippen LogP contribution in [-0.2, 0) is 21.4 Å². The first-order valence-corrected chi connectivity index (χ1v) is 7.60. The molecule has 0 aromatic carbocycles. The summed E-state index contributed by atoms with van der Waals surface area (Å²) >= 11 is 0. The second-order valence-corrected chi connectivity index (χ2v) is 6.94. The Balaban J connectivity index is 2.35. The van der Waals surface area contributed by atoms with E-state index in [0.717, 1.165) is 0 Å². The third-order valence-corrected chi connectivity index (χ3v) is 5.30. The monoisotopic (exact) mass is 286 g/mol. The Labute approximate surface area is 112 Å². The Kier molecular flexibility index (Phi) is 3.53. The molecule has 2 rings (SSSR count). The second-order valence-electron chi connectivity index (χ2n) is 4.76. The Morgan fingerprint density at radius 2 is 2.11 bits per heavy atom. The molecule has 1 aromatic rings. The number of rotatable bonds is 3. The fraction of sp³-hybridized carbons (Fsp3) is 0.636. The molecule has 0 saturated carbocycles. The van der Waals surface area contributed by atoms with Crippen molar-refractivity contribution in [2.75, 3.05) is 24.9 Å². The van der Waals surface area contributed by atoms with E-state index >= 15 is 0 Å². The zero-order chi connectivity index (χ0) is 14.2. The van der Waals surface area contributed by atoms with Gasteiger partial charge in [0.2, 0.25) is 15.9 Å². The van der Waals surface area contributed by atoms with Crippen molar-refractivity contribution < 1.29 is 13.2 Å². The number of carbonyl (C=O) groups excluding carboxylic acids is 1. The minimum Gasteiger partial charge on any atom is -0.348 e. The van der Waals surface area contributed by atoms with E-state index in [4.69, 9.17) is 0 Å². The lowest BCUT2D eigenvalue weighted by atomic mass is 10.3. The first-order chi connectivity index (χ1) is 8.85. The lowest BCUT2D eigenvalue weighted by molar-refractivity contribution is -0.127. The van der Waals surface area contributed by atoms with Gasteiger partial charge in [0, 0.05) is 33.3 Å². The Morgan fingerprint density at radius 3 is 2.74 bits per heavy atom. The molecule has 2 heterocycles. The second kappa shape index (κ2) is 4.84. The van der Waals surface area contributed by atoms with Crippen molar-refractivity contribution in [3.63, 3.8) is 0 Å². The van der Waals surface area contributed by atoms with Crippen molar-refractivity contribution in [2.24, 2.45) is 0 Å². The topological polar surface area (TPSA) is 75.5 Å². The van der Waals surface area contributed by atoms with Crippen LogP contribution in [-0.4, -0.2) is 54.9 Å². The molecule has 0 radical (unpaired) electrons. The first-order valence-electron chi connectivity index (χ1n) is 6.10. The van der Waals surface area contributed by atoms with E-state index < -0.39 is 21.2 Å². The quantitative estimate of drug-likeness (QED) is 0.777. The highest BCUT2D eigenvalue weighted by molar-refractivity contribution is 7.94. The van der Waals surface area contributed by atoms with Crippen LogP contribution in [0.1, 0.15) is 13.3 Å². The van der Waals surface area contributed by atoms with E-state index in [1.807, 2.05) is 0 Å². The molecular formula is C11H18N4O3S. The van der Waals surface area contributed by atoms with E-state index in [2.05, 4.69) is 5.10 Å². The zero-order valence-electron chi connectivity index (χ0n) is 11.3. The van der Waals surface area contributed by atoms with Crippen molar-refractivity contribution in [3.8, 4) is 0 Å². The minimum atomic E-state index is -3.71. The molecule has 0 spiro atoms. The molecule has 1 atom stereocenters. The summed E-state index contributed by atoms with van der Waals surface area (Å²) in [6, 6.07) is 1.66. The molecule has 0 saturated heterocycles. The van der Waals surface area contributed by atoms with Gasteiger partial charge in [0.05, 0.1) is 6.20 Å². The van der Waals surface area contributed by atoms with Gasteiger partial charge >= 0.3 is 0 Å². The van der Waals surface area contributed by atoms with E-state index in [0.29, 0.717) is 25.3 Å². The van der Waals surface area contributed by atoms with E-state index in [1.165, 1.54) is 16.1 Å². The molecular weight excluding hydrogens is 268 g/mol. The number of anilines is 1. The predicted molar refractivity (Wildman–Crippen MR) is 71.3 cm³/mol. The Morgan fingerprint density at radius 1 is 1.42 bits per heavy atom. The van der Waals surface area contributed by atoms with Crippen molar-refractivity contribution in [1.82, 2.24) is 14.7 Å². The highest BCUT2D eigenvalue weighted by atomic mass is 32.2. The van der Waals surface area contributed by atoms with Crippen LogP contribution >= 0.6 is 0 Å². The molecule has 0 fully saturated rings. The van der Waals surface area contributed by atoms with Gasteiger partial charge in [-0.25, -0.2) is 13.1 Å². The minimum absolute atomic E-state index is 0.388. The van der Waals surface area contributed by atoms with E-state index in [-0.39, 0.29) is 0 Å². The van der Waals surface area contributed by atoms with Crippen LogP contribution in [0.5, 0.6) is 0 Å². The lowest BCUT2D eigenvalue weighted by Crippen LogP contribution is -2.47. The predicted octanol–water partition coefficient (Wildman–Crippen LogP) is -0.100. The molecule has 8 heteroatoms. The summed E-state index contributed by atoms with van der Waals surface area (Å²) in [7, 11) is -0.607. The van der Waals surface area contributed by atoms with Gasteiger partial charge in [-0.3, -0.25) is 9.10 Å². The van der Waals surface area contributed by atoms with Gasteiger partial charge in [0.15, 0.2) is 5.25 Å². The number of fused-ring (bicyclic) bond motifs is 1. The Bertz CT molecular complexity index is 579. The molecule has 1 aliphatic rings. The first kappa shape index (κ1) is 13.9. The highest BCUT2D eigenvalue weighted by Gasteiger charge is 2.37. The highest BCUT2D eigenvalue weighted by Crippen LogP contribution is 2.25. The van der Waals surface area contributed by atoms with Gasteiger partial charge in [0.25, 0.3) is 0 Å². The number of nitrogens with zero attached hydrogens (tertiary/aromatic N) is 4. The van der Waals surface area contributed by atoms with Crippen molar-refractivity contribution in [3.05, 3.63) is 12.3 Å². The van der Waals surface area contributed by atoms with Crippen LogP contribution in [0.2, 0.25) is 0 Å². The molecule has 0 N–H and O–H groups in total. The van der Waals surface area contributed by atoms with Crippen LogP contribution in [0.15, 0.2) is 12.3 Å². The smallest absolute Gasteiger partial charge is 0.248 e. The number of hydrogen-bond donors (Lipinski definition) is 0. The van der Waals surface area contributed by atoms with E-state index in [1.54, 1.807) is 31.0 Å². The van der Waals surface area contributed by atoms with Crippen LogP contribution in [0.25, 0.3) is 0 Å². The third kappa shape index (κ3) is 2.32. The summed E-state index contributed by atoms with van der Waals surface area (Å²) in [6.45, 7) is 2.51. The molecule has 7 nitrogen and oxygen atoms in total. The number of hydrogen-bond acceptors (Lipinski definition) is 4. The molecule has 1 unspecified atom stereocenters. The average Bonchev–Trinajstić information content (AvgIpc) is 2.84. The van der Waals surface area contributed by atoms with Crippen LogP contribution in [0, 0.1) is 0 Å². The van der Waals surface area contributed by atoms with Gasteiger partial charge in [0.1, 0.15) is 5.82 Å². The average molecular weight is 286 g/mol. The van der Waals surface area contributed by atoms with Gasteiger partial charge < -0.3 is 4.90 Å². The molecule has 106 valence electrons. The maximum absolute atomic E-state index is 12.5. The number of amides is 1. The molecule has 0 aliphatic carbocycles. The van der Waals surface area contributed by atoms with Crippen LogP contribution in [0.4, 0.5) is 5.82 Å². The number of sulfonamides is 1. The number of aromatic nitrogens is 2. The van der Waals surface area contributed by atoms with Gasteiger partial charge in [-0.15, -0.1) is 0 Å². The summed E-state index contributed by atoms with van der Waals surface area (Å²) in [6.07, 6.45) is 2.26. The number of carbonyl (C=O) groups is 1. The van der Waals surface area contributed by atoms with Crippen molar-refractivity contribution in [2.45, 2.75) is 25.1 Å². The number of aryl methyl sites for hydroxylation is 1. The normalized spacial score (nSPS) is 16.9. The fourth-order valence-electron chi connectivity index (χ4n) is 2.13. The van der Waals surface area contributed by atoms with Crippen LogP contribution < -0.4 is 4.31 Å². The third-order valence-electron chi connectivity index (χ3n) is 3.22. The summed E-state index contributed by atoms with van der Waals surface area (Å²) in [4.78, 5) is 13.2. The summed E-state index contributed by atoms with van der Waals surface area (Å²) in [5.74, 6) is 0.112. The molecule has 1 aliphatic heterocycles. The zero-order valence-corrected chi connectivity index (χ0v) is 12.1. The largest absolute Gasteiger partial charge is 0.348 e. The van der Waals surface area contributed by atoms with Crippen molar-refractivity contribution >= 4 is 21.7 Å². The lowest BCUT2D eigenvalue weighted by Gasteiger charge is -2.31. The summed E-state index contributed by atoms with van der Waals surface area (Å²) in [5.41, 5.74) is 0. The Hall–Kier alpha value is -1.57. The van der Waals surface area contributed by atoms with E-state index in [9.17, 15) is 13.2 Å². The summed E-state index contributed by atoms with van der Waals surface area (Å²) < 4.78 is 28.0. The molecule has 1 aromatic heterocycles. The van der Waals surface area contributed by atoms with Gasteiger partial charge in [-0.2, -0.15) is 5.10 Å². The maximum atomic E-state index is 12.5. The molecule has 0 bridgehead atoms. The maximum Gasteiger partial charge on any atom is 0.248 e. The summed E-state index contributed by atoms with van der Waals surface area (Å²) in [5, 5.41) is 2.98. The van der Waals surface area contributed by atoms with Crippen molar-refractivity contribution in [1.29, 1.82) is 0 Å².